The molecule has 0 N–H and O–H groups in total. The average Bonchev–Trinajstić information content (AvgIpc) is 3.55. The summed E-state index contributed by atoms with van der Waals surface area (Å²) in [7, 11) is 0. The zero-order valence-corrected chi connectivity index (χ0v) is 19.8. The second-order valence-corrected chi connectivity index (χ2v) is 8.77. The number of para-hydroxylation sites is 2. The van der Waals surface area contributed by atoms with E-state index < -0.39 is 0 Å². The number of ether oxygens (including phenoxy) is 3. The van der Waals surface area contributed by atoms with E-state index in [0.717, 1.165) is 69.9 Å². The number of fused-ring (bicyclic) bond motifs is 6. The van der Waals surface area contributed by atoms with Crippen molar-refractivity contribution in [1.29, 1.82) is 0 Å². The van der Waals surface area contributed by atoms with Crippen LogP contribution < -0.4 is 14.2 Å². The Morgan fingerprint density at radius 2 is 1.89 bits per heavy atom. The van der Waals surface area contributed by atoms with Crippen LogP contribution in [0.4, 0.5) is 0 Å². The monoisotopic (exact) mass is 470 g/mol. The summed E-state index contributed by atoms with van der Waals surface area (Å²) in [5.41, 5.74) is 4.41. The fourth-order valence-corrected chi connectivity index (χ4v) is 4.68. The minimum absolute atomic E-state index is 0.232. The van der Waals surface area contributed by atoms with Gasteiger partial charge in [0.25, 0.3) is 0 Å². The van der Waals surface area contributed by atoms with Crippen molar-refractivity contribution in [3.8, 4) is 17.2 Å². The minimum atomic E-state index is -0.262. The molecule has 0 amide bonds. The van der Waals surface area contributed by atoms with Crippen molar-refractivity contribution in [2.75, 3.05) is 6.79 Å². The van der Waals surface area contributed by atoms with Gasteiger partial charge < -0.3 is 18.8 Å². The Bertz CT molecular complexity index is 1580. The first-order valence-electron chi connectivity index (χ1n) is 12.0. The number of imidazole rings is 1. The van der Waals surface area contributed by atoms with Gasteiger partial charge in [0.2, 0.25) is 6.79 Å². The molecule has 0 radical (unpaired) electrons. The second kappa shape index (κ2) is 8.61. The molecule has 0 atom stereocenters. The number of carbonyl (C=O) groups excluding carboxylic acids is 1. The molecule has 0 saturated carbocycles. The summed E-state index contributed by atoms with van der Waals surface area (Å²) in [6.45, 7) is 4.87. The Morgan fingerprint density at radius 1 is 1.03 bits per heavy atom. The van der Waals surface area contributed by atoms with E-state index in [2.05, 4.69) is 11.3 Å². The number of aryl methyl sites for hydroxylation is 1. The van der Waals surface area contributed by atoms with E-state index in [-0.39, 0.29) is 12.8 Å². The van der Waals surface area contributed by atoms with Crippen LogP contribution in [0.15, 0.2) is 48.7 Å². The molecule has 0 saturated heterocycles. The molecule has 1 aliphatic heterocycles. The summed E-state index contributed by atoms with van der Waals surface area (Å²) in [6, 6.07) is 13.9. The smallest absolute Gasteiger partial charge is 0.311 e. The van der Waals surface area contributed by atoms with Gasteiger partial charge >= 0.3 is 5.97 Å². The van der Waals surface area contributed by atoms with E-state index in [0.29, 0.717) is 18.7 Å². The van der Waals surface area contributed by atoms with Crippen molar-refractivity contribution in [2.45, 2.75) is 46.1 Å². The molecular formula is C27H26N4O4. The lowest BCUT2D eigenvalue weighted by molar-refractivity contribution is -0.134. The Morgan fingerprint density at radius 3 is 2.74 bits per heavy atom. The predicted molar refractivity (Wildman–Crippen MR) is 132 cm³/mol. The van der Waals surface area contributed by atoms with E-state index in [4.69, 9.17) is 24.2 Å². The standard InChI is InChI=1S/C27H26N4O4/c1-3-7-23-29-26-25(27-28-18-9-5-6-10-19(18)31(23)27)22(35-24(32)8-4-2)15-30(26)14-17-11-12-20-21(13-17)34-16-33-20/h5-6,9-13,15H,3-4,7-8,14,16H2,1-2H3. The lowest BCUT2D eigenvalue weighted by Crippen LogP contribution is -2.07. The highest BCUT2D eigenvalue weighted by atomic mass is 16.7. The largest absolute Gasteiger partial charge is 0.454 e. The van der Waals surface area contributed by atoms with Crippen molar-refractivity contribution < 1.29 is 19.0 Å². The van der Waals surface area contributed by atoms with Crippen LogP contribution in [0.1, 0.15) is 44.5 Å². The molecule has 35 heavy (non-hydrogen) atoms. The highest BCUT2D eigenvalue weighted by Crippen LogP contribution is 2.36. The molecule has 0 unspecified atom stereocenters. The molecule has 0 spiro atoms. The highest BCUT2D eigenvalue weighted by Gasteiger charge is 2.23. The van der Waals surface area contributed by atoms with E-state index in [1.54, 1.807) is 0 Å². The normalized spacial score (nSPS) is 12.7. The number of rotatable bonds is 7. The predicted octanol–water partition coefficient (Wildman–Crippen LogP) is 5.27. The number of aromatic nitrogens is 4. The van der Waals surface area contributed by atoms with Crippen molar-refractivity contribution in [2.24, 2.45) is 0 Å². The second-order valence-electron chi connectivity index (χ2n) is 8.77. The summed E-state index contributed by atoms with van der Waals surface area (Å²) in [6.07, 6.45) is 4.68. The molecule has 5 aromatic rings. The summed E-state index contributed by atoms with van der Waals surface area (Å²) in [4.78, 5) is 22.6. The summed E-state index contributed by atoms with van der Waals surface area (Å²) < 4.78 is 21.0. The van der Waals surface area contributed by atoms with Crippen LogP contribution in [0, 0.1) is 0 Å². The molecule has 178 valence electrons. The van der Waals surface area contributed by atoms with Gasteiger partial charge in [0.15, 0.2) is 22.9 Å². The number of hydrogen-bond donors (Lipinski definition) is 0. The molecule has 3 aromatic heterocycles. The van der Waals surface area contributed by atoms with Crippen LogP contribution in [0.2, 0.25) is 0 Å². The van der Waals surface area contributed by atoms with Crippen LogP contribution in [0.5, 0.6) is 17.2 Å². The van der Waals surface area contributed by atoms with Gasteiger partial charge in [-0.3, -0.25) is 9.20 Å². The lowest BCUT2D eigenvalue weighted by atomic mass is 10.2. The fourth-order valence-electron chi connectivity index (χ4n) is 4.68. The molecule has 8 nitrogen and oxygen atoms in total. The molecule has 0 aliphatic carbocycles. The number of nitrogens with zero attached hydrogens (tertiary/aromatic N) is 4. The van der Waals surface area contributed by atoms with Gasteiger partial charge in [0.05, 0.1) is 11.0 Å². The zero-order chi connectivity index (χ0) is 23.9. The Labute approximate surface area is 202 Å². The third kappa shape index (κ3) is 3.65. The number of esters is 1. The van der Waals surface area contributed by atoms with E-state index in [9.17, 15) is 4.79 Å². The Kier molecular flexibility index (Phi) is 5.28. The SMILES string of the molecule is CCCC(=O)Oc1cn(Cc2ccc3c(c2)OCO3)c2nc(CCC)n3c4ccccc4nc3c12. The van der Waals surface area contributed by atoms with Crippen LogP contribution in [0.25, 0.3) is 27.7 Å². The maximum absolute atomic E-state index is 12.5. The van der Waals surface area contributed by atoms with Crippen LogP contribution in [-0.2, 0) is 17.8 Å². The molecule has 8 heteroatoms. The van der Waals surface area contributed by atoms with Crippen LogP contribution in [0.3, 0.4) is 0 Å². The van der Waals surface area contributed by atoms with E-state index in [1.165, 1.54) is 0 Å². The lowest BCUT2D eigenvalue weighted by Gasteiger charge is -2.09. The molecule has 2 aromatic carbocycles. The molecule has 4 heterocycles. The van der Waals surface area contributed by atoms with Gasteiger partial charge in [-0.2, -0.15) is 0 Å². The highest BCUT2D eigenvalue weighted by molar-refractivity contribution is 6.01. The summed E-state index contributed by atoms with van der Waals surface area (Å²) >= 11 is 0. The van der Waals surface area contributed by atoms with Crippen molar-refractivity contribution in [3.63, 3.8) is 0 Å². The maximum atomic E-state index is 12.5. The molecule has 0 fully saturated rings. The summed E-state index contributed by atoms with van der Waals surface area (Å²) in [5.74, 6) is 2.63. The molecule has 0 bridgehead atoms. The van der Waals surface area contributed by atoms with Crippen LogP contribution >= 0.6 is 0 Å². The van der Waals surface area contributed by atoms with Crippen LogP contribution in [-0.4, -0.2) is 31.7 Å². The maximum Gasteiger partial charge on any atom is 0.311 e. The zero-order valence-electron chi connectivity index (χ0n) is 19.8. The Balaban J connectivity index is 1.58. The fraction of sp³-hybridized carbons (Fsp3) is 0.296. The van der Waals surface area contributed by atoms with E-state index in [1.807, 2.05) is 60.2 Å². The van der Waals surface area contributed by atoms with Crippen molar-refractivity contribution in [1.82, 2.24) is 18.9 Å². The first kappa shape index (κ1) is 21.5. The summed E-state index contributed by atoms with van der Waals surface area (Å²) in [5, 5.41) is 0.742. The Hall–Kier alpha value is -4.07. The third-order valence-electron chi connectivity index (χ3n) is 6.23. The number of hydrogen-bond acceptors (Lipinski definition) is 6. The van der Waals surface area contributed by atoms with Gasteiger partial charge in [-0.1, -0.05) is 32.0 Å². The first-order valence-corrected chi connectivity index (χ1v) is 12.0. The topological polar surface area (TPSA) is 79.9 Å². The quantitative estimate of drug-likeness (QED) is 0.302. The van der Waals surface area contributed by atoms with Gasteiger partial charge in [0, 0.05) is 25.6 Å². The number of benzene rings is 2. The first-order chi connectivity index (χ1) is 17.2. The average molecular weight is 471 g/mol. The molecule has 1 aliphatic rings. The molecular weight excluding hydrogens is 444 g/mol. The van der Waals surface area contributed by atoms with Gasteiger partial charge in [-0.05, 0) is 42.7 Å². The van der Waals surface area contributed by atoms with Crippen molar-refractivity contribution in [3.05, 3.63) is 60.0 Å². The third-order valence-corrected chi connectivity index (χ3v) is 6.23. The van der Waals surface area contributed by atoms with Gasteiger partial charge in [-0.15, -0.1) is 0 Å². The van der Waals surface area contributed by atoms with E-state index >= 15 is 0 Å². The molecule has 6 rings (SSSR count). The van der Waals surface area contributed by atoms with Gasteiger partial charge in [0.1, 0.15) is 16.9 Å². The minimum Gasteiger partial charge on any atom is -0.454 e. The number of carbonyl (C=O) groups is 1. The van der Waals surface area contributed by atoms with Crippen molar-refractivity contribution >= 4 is 33.7 Å². The van der Waals surface area contributed by atoms with Gasteiger partial charge in [-0.25, -0.2) is 9.97 Å².